The van der Waals surface area contributed by atoms with E-state index >= 15 is 0 Å². The fourth-order valence-corrected chi connectivity index (χ4v) is 2.28. The molecule has 1 aliphatic rings. The molecule has 1 atom stereocenters. The summed E-state index contributed by atoms with van der Waals surface area (Å²) in [5.41, 5.74) is 3.14. The predicted molar refractivity (Wildman–Crippen MR) is 56.1 cm³/mol. The lowest BCUT2D eigenvalue weighted by Gasteiger charge is -2.16. The number of aryl methyl sites for hydroxylation is 1. The Labute approximate surface area is 80.4 Å². The Bertz CT molecular complexity index is 291. The lowest BCUT2D eigenvalue weighted by atomic mass is 10.0. The van der Waals surface area contributed by atoms with Crippen molar-refractivity contribution in [2.45, 2.75) is 18.8 Å². The van der Waals surface area contributed by atoms with E-state index in [1.165, 1.54) is 19.4 Å². The molecular formula is C12H17N. The Balaban J connectivity index is 2.18. The molecule has 70 valence electrons. The maximum absolute atomic E-state index is 2.29. The average molecular weight is 175 g/mol. The van der Waals surface area contributed by atoms with Gasteiger partial charge in [-0.1, -0.05) is 24.3 Å². The van der Waals surface area contributed by atoms with Gasteiger partial charge < -0.3 is 4.90 Å². The van der Waals surface area contributed by atoms with Crippen LogP contribution in [0.25, 0.3) is 0 Å². The van der Waals surface area contributed by atoms with Gasteiger partial charge in [-0.25, -0.2) is 0 Å². The van der Waals surface area contributed by atoms with Gasteiger partial charge in [0.15, 0.2) is 0 Å². The highest BCUT2D eigenvalue weighted by atomic mass is 15.1. The Morgan fingerprint density at radius 1 is 1.31 bits per heavy atom. The number of hydrogen-bond donors (Lipinski definition) is 0. The first-order chi connectivity index (χ1) is 6.27. The normalized spacial score (nSPS) is 20.7. The minimum Gasteiger partial charge on any atom is -0.309 e. The molecule has 1 unspecified atom stereocenters. The standard InChI is InChI=1S/C12H17N/c1-13(2)9-11-8-7-10-5-3-4-6-12(10)11/h3-6,11H,7-9H2,1-2H3. The summed E-state index contributed by atoms with van der Waals surface area (Å²) < 4.78 is 0. The monoisotopic (exact) mass is 175 g/mol. The van der Waals surface area contributed by atoms with E-state index in [9.17, 15) is 0 Å². The van der Waals surface area contributed by atoms with Crippen LogP contribution in [-0.2, 0) is 6.42 Å². The first kappa shape index (κ1) is 8.76. The third-order valence-electron chi connectivity index (χ3n) is 2.84. The number of hydrogen-bond acceptors (Lipinski definition) is 1. The minimum atomic E-state index is 0.770. The third kappa shape index (κ3) is 1.75. The molecule has 1 aromatic rings. The molecule has 1 aromatic carbocycles. The first-order valence-electron chi connectivity index (χ1n) is 5.00. The molecule has 0 heterocycles. The van der Waals surface area contributed by atoms with E-state index in [2.05, 4.69) is 43.3 Å². The van der Waals surface area contributed by atoms with Crippen LogP contribution in [0.15, 0.2) is 24.3 Å². The van der Waals surface area contributed by atoms with Gasteiger partial charge in [0.05, 0.1) is 0 Å². The van der Waals surface area contributed by atoms with E-state index in [0.29, 0.717) is 0 Å². The van der Waals surface area contributed by atoms with Crippen LogP contribution in [0.1, 0.15) is 23.5 Å². The summed E-state index contributed by atoms with van der Waals surface area (Å²) >= 11 is 0. The summed E-state index contributed by atoms with van der Waals surface area (Å²) in [5.74, 6) is 0.770. The summed E-state index contributed by atoms with van der Waals surface area (Å²) in [6, 6.07) is 8.87. The highest BCUT2D eigenvalue weighted by molar-refractivity contribution is 5.34. The lowest BCUT2D eigenvalue weighted by Crippen LogP contribution is -2.18. The molecule has 13 heavy (non-hydrogen) atoms. The molecule has 2 rings (SSSR count). The number of benzene rings is 1. The van der Waals surface area contributed by atoms with E-state index in [4.69, 9.17) is 0 Å². The topological polar surface area (TPSA) is 3.24 Å². The van der Waals surface area contributed by atoms with Crippen molar-refractivity contribution in [3.63, 3.8) is 0 Å². The number of fused-ring (bicyclic) bond motifs is 1. The molecule has 0 spiro atoms. The summed E-state index contributed by atoms with van der Waals surface area (Å²) in [7, 11) is 4.31. The molecule has 0 saturated carbocycles. The maximum atomic E-state index is 2.29. The Morgan fingerprint density at radius 3 is 2.85 bits per heavy atom. The van der Waals surface area contributed by atoms with Crippen molar-refractivity contribution in [3.05, 3.63) is 35.4 Å². The van der Waals surface area contributed by atoms with E-state index in [1.807, 2.05) is 0 Å². The van der Waals surface area contributed by atoms with Crippen molar-refractivity contribution in [2.24, 2.45) is 0 Å². The predicted octanol–water partition coefficient (Wildman–Crippen LogP) is 2.28. The fourth-order valence-electron chi connectivity index (χ4n) is 2.28. The van der Waals surface area contributed by atoms with E-state index < -0.39 is 0 Å². The number of rotatable bonds is 2. The fraction of sp³-hybridized carbons (Fsp3) is 0.500. The Morgan fingerprint density at radius 2 is 2.08 bits per heavy atom. The molecule has 0 aliphatic heterocycles. The molecule has 0 saturated heterocycles. The van der Waals surface area contributed by atoms with Gasteiger partial charge >= 0.3 is 0 Å². The molecule has 1 heteroatoms. The highest BCUT2D eigenvalue weighted by Crippen LogP contribution is 2.32. The molecule has 0 amide bonds. The number of likely N-dealkylation sites (N-methyl/N-ethyl adjacent to an activating group) is 1. The van der Waals surface area contributed by atoms with Crippen LogP contribution in [0.2, 0.25) is 0 Å². The van der Waals surface area contributed by atoms with Crippen LogP contribution in [0.3, 0.4) is 0 Å². The second kappa shape index (κ2) is 3.51. The molecule has 0 fully saturated rings. The van der Waals surface area contributed by atoms with Crippen molar-refractivity contribution in [3.8, 4) is 0 Å². The largest absolute Gasteiger partial charge is 0.309 e. The SMILES string of the molecule is CN(C)CC1CCc2ccccc21. The third-order valence-corrected chi connectivity index (χ3v) is 2.84. The van der Waals surface area contributed by atoms with Crippen molar-refractivity contribution < 1.29 is 0 Å². The van der Waals surface area contributed by atoms with Gasteiger partial charge in [0.25, 0.3) is 0 Å². The van der Waals surface area contributed by atoms with Crippen LogP contribution < -0.4 is 0 Å². The van der Waals surface area contributed by atoms with Gasteiger partial charge in [0.1, 0.15) is 0 Å². The summed E-state index contributed by atoms with van der Waals surface area (Å²) in [4.78, 5) is 2.28. The van der Waals surface area contributed by atoms with Crippen molar-refractivity contribution in [1.82, 2.24) is 4.90 Å². The molecule has 0 N–H and O–H groups in total. The summed E-state index contributed by atoms with van der Waals surface area (Å²) in [6.45, 7) is 1.19. The van der Waals surface area contributed by atoms with Crippen LogP contribution in [-0.4, -0.2) is 25.5 Å². The molecule has 1 aliphatic carbocycles. The Kier molecular flexibility index (Phi) is 2.36. The van der Waals surface area contributed by atoms with Gasteiger partial charge in [-0.2, -0.15) is 0 Å². The smallest absolute Gasteiger partial charge is 0.00444 e. The van der Waals surface area contributed by atoms with Gasteiger partial charge in [0, 0.05) is 6.54 Å². The maximum Gasteiger partial charge on any atom is 0.00444 e. The zero-order valence-corrected chi connectivity index (χ0v) is 8.46. The highest BCUT2D eigenvalue weighted by Gasteiger charge is 2.21. The Hall–Kier alpha value is -0.820. The van der Waals surface area contributed by atoms with Crippen molar-refractivity contribution >= 4 is 0 Å². The summed E-state index contributed by atoms with van der Waals surface area (Å²) in [6.07, 6.45) is 2.60. The van der Waals surface area contributed by atoms with Crippen LogP contribution in [0, 0.1) is 0 Å². The second-order valence-electron chi connectivity index (χ2n) is 4.20. The second-order valence-corrected chi connectivity index (χ2v) is 4.20. The van der Waals surface area contributed by atoms with Crippen molar-refractivity contribution in [1.29, 1.82) is 0 Å². The number of nitrogens with zero attached hydrogens (tertiary/aromatic N) is 1. The van der Waals surface area contributed by atoms with Gasteiger partial charge in [0.2, 0.25) is 0 Å². The van der Waals surface area contributed by atoms with Crippen LogP contribution in [0.4, 0.5) is 0 Å². The zero-order valence-electron chi connectivity index (χ0n) is 8.46. The van der Waals surface area contributed by atoms with Crippen molar-refractivity contribution in [2.75, 3.05) is 20.6 Å². The van der Waals surface area contributed by atoms with Gasteiger partial charge in [-0.05, 0) is 44.0 Å². The minimum absolute atomic E-state index is 0.770. The molecular weight excluding hydrogens is 158 g/mol. The van der Waals surface area contributed by atoms with Crippen LogP contribution in [0.5, 0.6) is 0 Å². The van der Waals surface area contributed by atoms with Gasteiger partial charge in [-0.15, -0.1) is 0 Å². The molecule has 0 radical (unpaired) electrons. The quantitative estimate of drug-likeness (QED) is 0.666. The van der Waals surface area contributed by atoms with Crippen LogP contribution >= 0.6 is 0 Å². The van der Waals surface area contributed by atoms with E-state index in [0.717, 1.165) is 5.92 Å². The van der Waals surface area contributed by atoms with E-state index in [1.54, 1.807) is 11.1 Å². The average Bonchev–Trinajstić information content (AvgIpc) is 2.48. The van der Waals surface area contributed by atoms with Gasteiger partial charge in [-0.3, -0.25) is 0 Å². The molecule has 0 bridgehead atoms. The lowest BCUT2D eigenvalue weighted by molar-refractivity contribution is 0.372. The molecule has 1 nitrogen and oxygen atoms in total. The zero-order chi connectivity index (χ0) is 9.26. The van der Waals surface area contributed by atoms with E-state index in [-0.39, 0.29) is 0 Å². The summed E-state index contributed by atoms with van der Waals surface area (Å²) in [5, 5.41) is 0. The molecule has 0 aromatic heterocycles. The first-order valence-corrected chi connectivity index (χ1v) is 5.00.